The Morgan fingerprint density at radius 2 is 1.52 bits per heavy atom. The lowest BCUT2D eigenvalue weighted by Gasteiger charge is -2.03. The molecule has 0 saturated carbocycles. The van der Waals surface area contributed by atoms with Gasteiger partial charge in [-0.25, -0.2) is 4.79 Å². The molecule has 0 bridgehead atoms. The number of rotatable bonds is 3. The number of benzene rings is 2. The van der Waals surface area contributed by atoms with Gasteiger partial charge in [-0.2, -0.15) is 0 Å². The predicted octanol–water partition coefficient (Wildman–Crippen LogP) is 3.17. The molecule has 3 aromatic rings. The highest BCUT2D eigenvalue weighted by atomic mass is 32.1. The van der Waals surface area contributed by atoms with Crippen molar-refractivity contribution < 1.29 is 9.59 Å². The average Bonchev–Trinajstić information content (AvgIpc) is 3.04. The fraction of sp³-hybridized carbons (Fsp3) is 0. The van der Waals surface area contributed by atoms with Gasteiger partial charge < -0.3 is 0 Å². The lowest BCUT2D eigenvalue weighted by Crippen LogP contribution is -2.34. The first-order chi connectivity index (χ1) is 11.2. The zero-order valence-corrected chi connectivity index (χ0v) is 12.7. The summed E-state index contributed by atoms with van der Waals surface area (Å²) in [7, 11) is 0. The molecule has 7 heteroatoms. The number of nitrogens with zero attached hydrogens (tertiary/aromatic N) is 2. The fourth-order valence-corrected chi connectivity index (χ4v) is 2.61. The van der Waals surface area contributed by atoms with E-state index in [1.807, 2.05) is 30.3 Å². The van der Waals surface area contributed by atoms with Crippen LogP contribution >= 0.6 is 11.3 Å². The minimum absolute atomic E-state index is 0.321. The SMILES string of the molecule is O=C(NC(=O)c1ccccc1)Nc1nnc(-c2ccccc2)s1. The average molecular weight is 324 g/mol. The quantitative estimate of drug-likeness (QED) is 0.775. The summed E-state index contributed by atoms with van der Waals surface area (Å²) in [5.74, 6) is -0.476. The monoisotopic (exact) mass is 324 g/mol. The molecule has 3 rings (SSSR count). The maximum absolute atomic E-state index is 11.9. The third-order valence-electron chi connectivity index (χ3n) is 2.93. The highest BCUT2D eigenvalue weighted by Gasteiger charge is 2.12. The van der Waals surface area contributed by atoms with E-state index in [2.05, 4.69) is 20.8 Å². The Kier molecular flexibility index (Phi) is 4.39. The molecule has 1 aromatic heterocycles. The van der Waals surface area contributed by atoms with Crippen LogP contribution in [0, 0.1) is 0 Å². The Bertz CT molecular complexity index is 818. The lowest BCUT2D eigenvalue weighted by atomic mass is 10.2. The van der Waals surface area contributed by atoms with Gasteiger partial charge >= 0.3 is 6.03 Å². The highest BCUT2D eigenvalue weighted by molar-refractivity contribution is 7.18. The van der Waals surface area contributed by atoms with E-state index in [0.29, 0.717) is 15.7 Å². The second-order valence-electron chi connectivity index (χ2n) is 4.55. The van der Waals surface area contributed by atoms with Gasteiger partial charge in [-0.1, -0.05) is 59.9 Å². The molecule has 2 aromatic carbocycles. The van der Waals surface area contributed by atoms with Crippen LogP contribution in [0.2, 0.25) is 0 Å². The van der Waals surface area contributed by atoms with Crippen LogP contribution < -0.4 is 10.6 Å². The zero-order chi connectivity index (χ0) is 16.1. The van der Waals surface area contributed by atoms with Crippen molar-refractivity contribution in [3.8, 4) is 10.6 Å². The van der Waals surface area contributed by atoms with Gasteiger partial charge in [-0.3, -0.25) is 15.4 Å². The molecule has 0 spiro atoms. The van der Waals surface area contributed by atoms with Crippen LogP contribution in [0.3, 0.4) is 0 Å². The summed E-state index contributed by atoms with van der Waals surface area (Å²) in [6.07, 6.45) is 0. The van der Waals surface area contributed by atoms with Crippen LogP contribution in [0.5, 0.6) is 0 Å². The summed E-state index contributed by atoms with van der Waals surface area (Å²) in [5.41, 5.74) is 1.32. The van der Waals surface area contributed by atoms with Gasteiger partial charge in [0.25, 0.3) is 5.91 Å². The third-order valence-corrected chi connectivity index (χ3v) is 3.82. The summed E-state index contributed by atoms with van der Waals surface area (Å²) in [4.78, 5) is 23.7. The van der Waals surface area contributed by atoms with Crippen LogP contribution in [0.4, 0.5) is 9.93 Å². The number of imide groups is 1. The van der Waals surface area contributed by atoms with Gasteiger partial charge in [-0.05, 0) is 12.1 Å². The van der Waals surface area contributed by atoms with E-state index in [4.69, 9.17) is 0 Å². The maximum Gasteiger partial charge on any atom is 0.328 e. The molecule has 0 aliphatic rings. The van der Waals surface area contributed by atoms with Gasteiger partial charge in [-0.15, -0.1) is 10.2 Å². The van der Waals surface area contributed by atoms with E-state index in [0.717, 1.165) is 5.56 Å². The molecule has 23 heavy (non-hydrogen) atoms. The molecular weight excluding hydrogens is 312 g/mol. The van der Waals surface area contributed by atoms with Crippen LogP contribution in [0.15, 0.2) is 60.7 Å². The molecule has 0 aliphatic carbocycles. The minimum Gasteiger partial charge on any atom is -0.282 e. The Morgan fingerprint density at radius 1 is 0.870 bits per heavy atom. The Hall–Kier alpha value is -3.06. The molecule has 0 atom stereocenters. The topological polar surface area (TPSA) is 84.0 Å². The van der Waals surface area contributed by atoms with E-state index in [-0.39, 0.29) is 0 Å². The molecule has 1 heterocycles. The number of nitrogens with one attached hydrogen (secondary N) is 2. The number of anilines is 1. The molecular formula is C16H12N4O2S. The first-order valence-electron chi connectivity index (χ1n) is 6.79. The number of urea groups is 1. The van der Waals surface area contributed by atoms with Crippen molar-refractivity contribution in [2.45, 2.75) is 0 Å². The van der Waals surface area contributed by atoms with E-state index < -0.39 is 11.9 Å². The summed E-state index contributed by atoms with van der Waals surface area (Å²) in [6.45, 7) is 0. The first-order valence-corrected chi connectivity index (χ1v) is 7.60. The van der Waals surface area contributed by atoms with Crippen molar-refractivity contribution >= 4 is 28.4 Å². The summed E-state index contributed by atoms with van der Waals surface area (Å²) in [5, 5.41) is 13.7. The molecule has 114 valence electrons. The standard InChI is InChI=1S/C16H12N4O2S/c21-13(11-7-3-1-4-8-11)17-15(22)18-16-20-19-14(23-16)12-9-5-2-6-10-12/h1-10H,(H2,17,18,20,21,22). The summed E-state index contributed by atoms with van der Waals surface area (Å²) in [6, 6.07) is 17.4. The number of hydrogen-bond donors (Lipinski definition) is 2. The molecule has 0 saturated heterocycles. The smallest absolute Gasteiger partial charge is 0.282 e. The van der Waals surface area contributed by atoms with Crippen LogP contribution in [-0.2, 0) is 0 Å². The van der Waals surface area contributed by atoms with Crippen molar-refractivity contribution in [3.05, 3.63) is 66.2 Å². The van der Waals surface area contributed by atoms with Crippen molar-refractivity contribution in [3.63, 3.8) is 0 Å². The molecule has 3 amide bonds. The number of carbonyl (C=O) groups is 2. The first kappa shape index (κ1) is 14.9. The molecule has 6 nitrogen and oxygen atoms in total. The predicted molar refractivity (Wildman–Crippen MR) is 88.3 cm³/mol. The van der Waals surface area contributed by atoms with Gasteiger partial charge in [0.15, 0.2) is 0 Å². The Balaban J connectivity index is 1.63. The van der Waals surface area contributed by atoms with E-state index in [9.17, 15) is 9.59 Å². The van der Waals surface area contributed by atoms with E-state index in [1.54, 1.807) is 30.3 Å². The number of aromatic nitrogens is 2. The highest BCUT2D eigenvalue weighted by Crippen LogP contribution is 2.25. The lowest BCUT2D eigenvalue weighted by molar-refractivity contribution is 0.0967. The van der Waals surface area contributed by atoms with E-state index in [1.165, 1.54) is 11.3 Å². The van der Waals surface area contributed by atoms with Crippen molar-refractivity contribution in [2.75, 3.05) is 5.32 Å². The van der Waals surface area contributed by atoms with Crippen molar-refractivity contribution in [1.82, 2.24) is 15.5 Å². The summed E-state index contributed by atoms with van der Waals surface area (Å²) >= 11 is 1.23. The number of hydrogen-bond acceptors (Lipinski definition) is 5. The second kappa shape index (κ2) is 6.80. The fourth-order valence-electron chi connectivity index (χ4n) is 1.86. The third kappa shape index (κ3) is 3.78. The molecule has 0 aliphatic heterocycles. The summed E-state index contributed by atoms with van der Waals surface area (Å²) < 4.78 is 0. The van der Waals surface area contributed by atoms with Gasteiger partial charge in [0.2, 0.25) is 5.13 Å². The zero-order valence-electron chi connectivity index (χ0n) is 11.9. The van der Waals surface area contributed by atoms with Crippen molar-refractivity contribution in [2.24, 2.45) is 0 Å². The number of amides is 3. The minimum atomic E-state index is -0.644. The molecule has 2 N–H and O–H groups in total. The van der Waals surface area contributed by atoms with Crippen LogP contribution in [-0.4, -0.2) is 22.1 Å². The van der Waals surface area contributed by atoms with E-state index >= 15 is 0 Å². The number of carbonyl (C=O) groups excluding carboxylic acids is 2. The largest absolute Gasteiger partial charge is 0.328 e. The maximum atomic E-state index is 11.9. The van der Waals surface area contributed by atoms with Crippen molar-refractivity contribution in [1.29, 1.82) is 0 Å². The Morgan fingerprint density at radius 3 is 2.22 bits per heavy atom. The second-order valence-corrected chi connectivity index (χ2v) is 5.53. The van der Waals surface area contributed by atoms with Gasteiger partial charge in [0.05, 0.1) is 0 Å². The van der Waals surface area contributed by atoms with Gasteiger partial charge in [0, 0.05) is 11.1 Å². The van der Waals surface area contributed by atoms with Gasteiger partial charge in [0.1, 0.15) is 5.01 Å². The van der Waals surface area contributed by atoms with Crippen LogP contribution in [0.25, 0.3) is 10.6 Å². The molecule has 0 radical (unpaired) electrons. The molecule has 0 fully saturated rings. The Labute approximate surface area is 136 Å². The van der Waals surface area contributed by atoms with Crippen LogP contribution in [0.1, 0.15) is 10.4 Å². The molecule has 0 unspecified atom stereocenters. The normalized spacial score (nSPS) is 10.1.